The number of aliphatic carboxylic acids is 1. The van der Waals surface area contributed by atoms with Crippen molar-refractivity contribution in [1.82, 2.24) is 0 Å². The maximum atomic E-state index is 12.3. The maximum absolute atomic E-state index is 12.3. The molecule has 1 aromatic rings. The minimum absolute atomic E-state index is 0.0737. The first kappa shape index (κ1) is 15.0. The molecule has 0 aromatic heterocycles. The monoisotopic (exact) mass is 343 g/mol. The Labute approximate surface area is 115 Å². The number of rotatable bonds is 5. The lowest BCUT2D eigenvalue weighted by Crippen LogP contribution is -2.25. The van der Waals surface area contributed by atoms with Gasteiger partial charge < -0.3 is 15.2 Å². The Kier molecular flexibility index (Phi) is 5.15. The summed E-state index contributed by atoms with van der Waals surface area (Å²) in [5, 5.41) is 11.5. The number of carbonyl (C=O) groups is 1. The Balaban J connectivity index is 3.10. The van der Waals surface area contributed by atoms with E-state index in [0.29, 0.717) is 0 Å². The van der Waals surface area contributed by atoms with E-state index >= 15 is 0 Å². The quantitative estimate of drug-likeness (QED) is 0.857. The van der Waals surface area contributed by atoms with E-state index in [0.717, 1.165) is 0 Å². The molecule has 0 spiro atoms. The molecular formula is C10H9BrClF2NO3. The van der Waals surface area contributed by atoms with Gasteiger partial charge in [-0.3, -0.25) is 4.79 Å². The molecule has 2 N–H and O–H groups in total. The second-order valence-electron chi connectivity index (χ2n) is 3.35. The summed E-state index contributed by atoms with van der Waals surface area (Å²) in [6.07, 6.45) is 0. The van der Waals surface area contributed by atoms with E-state index in [1.807, 2.05) is 0 Å². The summed E-state index contributed by atoms with van der Waals surface area (Å²) in [7, 11) is 0. The molecule has 0 saturated carbocycles. The van der Waals surface area contributed by atoms with Gasteiger partial charge in [0.25, 0.3) is 0 Å². The average molecular weight is 345 g/mol. The molecule has 1 aromatic carbocycles. The van der Waals surface area contributed by atoms with Crippen LogP contribution in [0.15, 0.2) is 16.6 Å². The predicted octanol–water partition coefficient (Wildman–Crippen LogP) is 3.59. The Bertz CT molecular complexity index is 459. The fourth-order valence-electron chi connectivity index (χ4n) is 1.17. The van der Waals surface area contributed by atoms with Gasteiger partial charge in [0.2, 0.25) is 0 Å². The minimum Gasteiger partial charge on any atom is -0.480 e. The molecule has 0 radical (unpaired) electrons. The van der Waals surface area contributed by atoms with Crippen LogP contribution in [0, 0.1) is 0 Å². The van der Waals surface area contributed by atoms with Crippen LogP contribution in [0.3, 0.4) is 0 Å². The highest BCUT2D eigenvalue weighted by molar-refractivity contribution is 9.10. The normalized spacial score (nSPS) is 12.3. The topological polar surface area (TPSA) is 58.6 Å². The van der Waals surface area contributed by atoms with E-state index in [1.54, 1.807) is 0 Å². The molecular weight excluding hydrogens is 335 g/mol. The van der Waals surface area contributed by atoms with Crippen molar-refractivity contribution >= 4 is 39.2 Å². The zero-order chi connectivity index (χ0) is 13.9. The van der Waals surface area contributed by atoms with Crippen molar-refractivity contribution in [3.05, 3.63) is 21.6 Å². The van der Waals surface area contributed by atoms with Gasteiger partial charge in [-0.2, -0.15) is 8.78 Å². The van der Waals surface area contributed by atoms with Crippen LogP contribution in [0.5, 0.6) is 5.75 Å². The van der Waals surface area contributed by atoms with Crippen LogP contribution in [-0.4, -0.2) is 23.7 Å². The lowest BCUT2D eigenvalue weighted by molar-refractivity contribution is -0.137. The van der Waals surface area contributed by atoms with Crippen LogP contribution in [0.2, 0.25) is 5.02 Å². The highest BCUT2D eigenvalue weighted by Crippen LogP contribution is 2.37. The lowest BCUT2D eigenvalue weighted by atomic mass is 10.2. The summed E-state index contributed by atoms with van der Waals surface area (Å²) in [4.78, 5) is 10.7. The summed E-state index contributed by atoms with van der Waals surface area (Å²) in [6, 6.07) is 1.70. The molecule has 0 fully saturated rings. The molecule has 0 amide bonds. The number of hydrogen-bond acceptors (Lipinski definition) is 3. The molecule has 0 aliphatic carbocycles. The Morgan fingerprint density at radius 1 is 1.56 bits per heavy atom. The van der Waals surface area contributed by atoms with E-state index in [4.69, 9.17) is 16.7 Å². The minimum atomic E-state index is -3.02. The van der Waals surface area contributed by atoms with Crippen molar-refractivity contribution in [3.63, 3.8) is 0 Å². The van der Waals surface area contributed by atoms with E-state index in [1.165, 1.54) is 19.1 Å². The van der Waals surface area contributed by atoms with E-state index < -0.39 is 18.6 Å². The molecule has 4 nitrogen and oxygen atoms in total. The van der Waals surface area contributed by atoms with Gasteiger partial charge in [-0.1, -0.05) is 11.6 Å². The summed E-state index contributed by atoms with van der Waals surface area (Å²) in [6.45, 7) is -1.66. The smallest absolute Gasteiger partial charge is 0.387 e. The van der Waals surface area contributed by atoms with Crippen LogP contribution in [0.25, 0.3) is 0 Å². The van der Waals surface area contributed by atoms with E-state index in [-0.39, 0.29) is 20.9 Å². The lowest BCUT2D eigenvalue weighted by Gasteiger charge is -2.17. The zero-order valence-corrected chi connectivity index (χ0v) is 11.4. The van der Waals surface area contributed by atoms with Crippen LogP contribution in [-0.2, 0) is 4.79 Å². The molecule has 18 heavy (non-hydrogen) atoms. The van der Waals surface area contributed by atoms with Crippen molar-refractivity contribution in [2.45, 2.75) is 19.6 Å². The number of carboxylic acids is 1. The number of carboxylic acid groups (broad SMARTS) is 1. The SMILES string of the molecule is CC(Nc1cc(Cl)cc(Br)c1OC(F)F)C(=O)O. The van der Waals surface area contributed by atoms with Crippen molar-refractivity contribution in [3.8, 4) is 5.75 Å². The third-order valence-electron chi connectivity index (χ3n) is 1.96. The Morgan fingerprint density at radius 3 is 2.67 bits per heavy atom. The molecule has 1 atom stereocenters. The first-order valence-electron chi connectivity index (χ1n) is 4.74. The van der Waals surface area contributed by atoms with Gasteiger partial charge in [-0.25, -0.2) is 0 Å². The van der Waals surface area contributed by atoms with E-state index in [9.17, 15) is 13.6 Å². The van der Waals surface area contributed by atoms with Gasteiger partial charge in [0.15, 0.2) is 5.75 Å². The summed E-state index contributed by atoms with van der Waals surface area (Å²) >= 11 is 8.78. The highest BCUT2D eigenvalue weighted by Gasteiger charge is 2.18. The van der Waals surface area contributed by atoms with Crippen molar-refractivity contribution < 1.29 is 23.4 Å². The Morgan fingerprint density at radius 2 is 2.17 bits per heavy atom. The molecule has 0 aliphatic rings. The Hall–Kier alpha value is -1.08. The molecule has 1 unspecified atom stereocenters. The summed E-state index contributed by atoms with van der Waals surface area (Å²) < 4.78 is 29.0. The summed E-state index contributed by atoms with van der Waals surface area (Å²) in [5.41, 5.74) is 0.0737. The average Bonchev–Trinajstić information content (AvgIpc) is 2.22. The van der Waals surface area contributed by atoms with Gasteiger partial charge in [-0.05, 0) is 35.0 Å². The molecule has 0 bridgehead atoms. The van der Waals surface area contributed by atoms with Crippen LogP contribution < -0.4 is 10.1 Å². The van der Waals surface area contributed by atoms with E-state index in [2.05, 4.69) is 26.0 Å². The van der Waals surface area contributed by atoms with Crippen LogP contribution in [0.1, 0.15) is 6.92 Å². The van der Waals surface area contributed by atoms with Crippen molar-refractivity contribution in [2.75, 3.05) is 5.32 Å². The standard InChI is InChI=1S/C10H9BrClF2NO3/c1-4(9(16)17)15-7-3-5(12)2-6(11)8(7)18-10(13)14/h2-4,10,15H,1H3,(H,16,17). The number of ether oxygens (including phenoxy) is 1. The van der Waals surface area contributed by atoms with Crippen LogP contribution in [0.4, 0.5) is 14.5 Å². The first-order chi connectivity index (χ1) is 8.31. The number of anilines is 1. The third kappa shape index (κ3) is 3.99. The second-order valence-corrected chi connectivity index (χ2v) is 4.64. The summed E-state index contributed by atoms with van der Waals surface area (Å²) in [5.74, 6) is -1.32. The van der Waals surface area contributed by atoms with Gasteiger partial charge in [0, 0.05) is 5.02 Å². The van der Waals surface area contributed by atoms with Gasteiger partial charge in [-0.15, -0.1) is 0 Å². The molecule has 0 saturated heterocycles. The molecule has 8 heteroatoms. The molecule has 1 rings (SSSR count). The zero-order valence-electron chi connectivity index (χ0n) is 9.08. The molecule has 100 valence electrons. The van der Waals surface area contributed by atoms with Crippen molar-refractivity contribution in [2.24, 2.45) is 0 Å². The fraction of sp³-hybridized carbons (Fsp3) is 0.300. The van der Waals surface area contributed by atoms with Crippen molar-refractivity contribution in [1.29, 1.82) is 0 Å². The highest BCUT2D eigenvalue weighted by atomic mass is 79.9. The number of hydrogen-bond donors (Lipinski definition) is 2. The first-order valence-corrected chi connectivity index (χ1v) is 5.91. The number of alkyl halides is 2. The van der Waals surface area contributed by atoms with Gasteiger partial charge >= 0.3 is 12.6 Å². The van der Waals surface area contributed by atoms with Gasteiger partial charge in [0.1, 0.15) is 6.04 Å². The second kappa shape index (κ2) is 6.19. The number of nitrogens with one attached hydrogen (secondary N) is 1. The molecule has 0 aliphatic heterocycles. The number of halogens is 4. The predicted molar refractivity (Wildman–Crippen MR) is 66.5 cm³/mol. The maximum Gasteiger partial charge on any atom is 0.387 e. The number of benzene rings is 1. The third-order valence-corrected chi connectivity index (χ3v) is 2.77. The fourth-order valence-corrected chi connectivity index (χ4v) is 2.08. The van der Waals surface area contributed by atoms with Crippen LogP contribution >= 0.6 is 27.5 Å². The molecule has 0 heterocycles. The largest absolute Gasteiger partial charge is 0.480 e. The van der Waals surface area contributed by atoms with Gasteiger partial charge in [0.05, 0.1) is 10.2 Å².